The third kappa shape index (κ3) is 3.91. The fraction of sp³-hybridized carbons (Fsp3) is 0.250. The summed E-state index contributed by atoms with van der Waals surface area (Å²) >= 11 is 8.61. The van der Waals surface area contributed by atoms with Gasteiger partial charge < -0.3 is 5.32 Å². The minimum absolute atomic E-state index is 0.169. The van der Waals surface area contributed by atoms with Crippen LogP contribution in [0.5, 0.6) is 0 Å². The van der Waals surface area contributed by atoms with Crippen molar-refractivity contribution in [2.45, 2.75) is 23.4 Å². The highest BCUT2D eigenvalue weighted by atomic mass is 35.5. The number of nitrogens with one attached hydrogen (secondary N) is 1. The molecule has 4 nitrogen and oxygen atoms in total. The summed E-state index contributed by atoms with van der Waals surface area (Å²) in [6.45, 7) is 3.61. The van der Waals surface area contributed by atoms with Crippen LogP contribution in [-0.4, -0.2) is 21.4 Å². The van der Waals surface area contributed by atoms with E-state index in [1.165, 1.54) is 35.2 Å². The summed E-state index contributed by atoms with van der Waals surface area (Å²) < 4.78 is 13.7. The first-order chi connectivity index (χ1) is 9.45. The zero-order valence-corrected chi connectivity index (χ0v) is 13.1. The van der Waals surface area contributed by atoms with Crippen LogP contribution in [0.4, 0.5) is 10.1 Å². The molecule has 0 spiro atoms. The van der Waals surface area contributed by atoms with Crippen molar-refractivity contribution in [2.75, 3.05) is 5.32 Å². The highest BCUT2D eigenvalue weighted by molar-refractivity contribution is 8.02. The SMILES string of the molecule is Cc1nnc(S[C@H](C)C(=O)Nc2ccc(F)cc2Cl)s1. The molecule has 0 bridgehead atoms. The first-order valence-electron chi connectivity index (χ1n) is 5.68. The quantitative estimate of drug-likeness (QED) is 0.867. The molecular formula is C12H11ClFN3OS2. The molecule has 1 atom stereocenters. The predicted octanol–water partition coefficient (Wildman–Crippen LogP) is 3.76. The number of carbonyl (C=O) groups is 1. The van der Waals surface area contributed by atoms with Crippen LogP contribution in [0.2, 0.25) is 5.02 Å². The van der Waals surface area contributed by atoms with E-state index in [2.05, 4.69) is 15.5 Å². The Morgan fingerprint density at radius 3 is 2.85 bits per heavy atom. The van der Waals surface area contributed by atoms with Gasteiger partial charge in [0.2, 0.25) is 5.91 Å². The summed E-state index contributed by atoms with van der Waals surface area (Å²) in [4.78, 5) is 12.0. The average molecular weight is 332 g/mol. The molecule has 2 aromatic rings. The fourth-order valence-electron chi connectivity index (χ4n) is 1.36. The van der Waals surface area contributed by atoms with Crippen LogP contribution >= 0.6 is 34.7 Å². The van der Waals surface area contributed by atoms with E-state index in [9.17, 15) is 9.18 Å². The van der Waals surface area contributed by atoms with E-state index >= 15 is 0 Å². The van der Waals surface area contributed by atoms with Crippen LogP contribution < -0.4 is 5.32 Å². The van der Waals surface area contributed by atoms with Crippen molar-refractivity contribution in [3.63, 3.8) is 0 Å². The van der Waals surface area contributed by atoms with Crippen LogP contribution in [0.1, 0.15) is 11.9 Å². The third-order valence-corrected chi connectivity index (χ3v) is 4.68. The number of thioether (sulfide) groups is 1. The van der Waals surface area contributed by atoms with Gasteiger partial charge in [-0.25, -0.2) is 4.39 Å². The molecule has 0 saturated heterocycles. The molecule has 1 aromatic heterocycles. The van der Waals surface area contributed by atoms with E-state index in [-0.39, 0.29) is 16.2 Å². The van der Waals surface area contributed by atoms with Crippen molar-refractivity contribution >= 4 is 46.3 Å². The highest BCUT2D eigenvalue weighted by Gasteiger charge is 2.17. The molecule has 0 aliphatic carbocycles. The highest BCUT2D eigenvalue weighted by Crippen LogP contribution is 2.28. The number of rotatable bonds is 4. The maximum absolute atomic E-state index is 12.9. The molecule has 0 aliphatic rings. The Balaban J connectivity index is 2.00. The molecule has 106 valence electrons. The second-order valence-electron chi connectivity index (χ2n) is 3.96. The monoisotopic (exact) mass is 331 g/mol. The lowest BCUT2D eigenvalue weighted by molar-refractivity contribution is -0.115. The molecule has 0 saturated carbocycles. The van der Waals surface area contributed by atoms with Crippen molar-refractivity contribution < 1.29 is 9.18 Å². The molecule has 0 fully saturated rings. The lowest BCUT2D eigenvalue weighted by atomic mass is 10.3. The molecule has 0 unspecified atom stereocenters. The van der Waals surface area contributed by atoms with Gasteiger partial charge >= 0.3 is 0 Å². The average Bonchev–Trinajstić information content (AvgIpc) is 2.78. The van der Waals surface area contributed by atoms with Gasteiger partial charge in [0.05, 0.1) is 16.0 Å². The smallest absolute Gasteiger partial charge is 0.237 e. The number of anilines is 1. The van der Waals surface area contributed by atoms with Gasteiger partial charge in [0, 0.05) is 0 Å². The lowest BCUT2D eigenvalue weighted by Crippen LogP contribution is -2.22. The summed E-state index contributed by atoms with van der Waals surface area (Å²) in [5.41, 5.74) is 0.388. The zero-order chi connectivity index (χ0) is 14.7. The van der Waals surface area contributed by atoms with Crippen LogP contribution in [0.15, 0.2) is 22.5 Å². The number of aryl methyl sites for hydroxylation is 1. The van der Waals surface area contributed by atoms with Crippen LogP contribution in [0, 0.1) is 12.7 Å². The number of amides is 1. The fourth-order valence-corrected chi connectivity index (χ4v) is 3.53. The van der Waals surface area contributed by atoms with Crippen molar-refractivity contribution in [1.82, 2.24) is 10.2 Å². The molecule has 1 amide bonds. The normalized spacial score (nSPS) is 12.2. The zero-order valence-electron chi connectivity index (χ0n) is 10.7. The molecule has 0 aliphatic heterocycles. The van der Waals surface area contributed by atoms with Gasteiger partial charge in [-0.1, -0.05) is 34.7 Å². The minimum atomic E-state index is -0.445. The van der Waals surface area contributed by atoms with E-state index < -0.39 is 5.82 Å². The van der Waals surface area contributed by atoms with Crippen molar-refractivity contribution in [3.8, 4) is 0 Å². The van der Waals surface area contributed by atoms with E-state index in [0.717, 1.165) is 15.4 Å². The summed E-state index contributed by atoms with van der Waals surface area (Å²) in [6.07, 6.45) is 0. The molecular weight excluding hydrogens is 321 g/mol. The van der Waals surface area contributed by atoms with Crippen LogP contribution in [0.25, 0.3) is 0 Å². The van der Waals surface area contributed by atoms with Crippen molar-refractivity contribution in [3.05, 3.63) is 34.0 Å². The minimum Gasteiger partial charge on any atom is -0.324 e. The van der Waals surface area contributed by atoms with E-state index in [1.807, 2.05) is 6.92 Å². The molecule has 1 aromatic carbocycles. The van der Waals surface area contributed by atoms with Gasteiger partial charge in [0.1, 0.15) is 10.8 Å². The molecule has 8 heteroatoms. The Bertz CT molecular complexity index is 635. The topological polar surface area (TPSA) is 54.9 Å². The Labute approximate surface area is 128 Å². The largest absolute Gasteiger partial charge is 0.324 e. The first-order valence-corrected chi connectivity index (χ1v) is 7.76. The van der Waals surface area contributed by atoms with Crippen LogP contribution in [-0.2, 0) is 4.79 Å². The number of hydrogen-bond donors (Lipinski definition) is 1. The Hall–Kier alpha value is -1.18. The maximum Gasteiger partial charge on any atom is 0.237 e. The predicted molar refractivity (Wildman–Crippen MR) is 80.0 cm³/mol. The number of halogens is 2. The number of hydrogen-bond acceptors (Lipinski definition) is 5. The number of carbonyl (C=O) groups excluding carboxylic acids is 1. The van der Waals surface area contributed by atoms with Gasteiger partial charge in [-0.05, 0) is 32.0 Å². The second kappa shape index (κ2) is 6.51. The van der Waals surface area contributed by atoms with E-state index in [4.69, 9.17) is 11.6 Å². The Morgan fingerprint density at radius 1 is 1.50 bits per heavy atom. The summed E-state index contributed by atoms with van der Waals surface area (Å²) in [5, 5.41) is 11.2. The summed E-state index contributed by atoms with van der Waals surface area (Å²) in [7, 11) is 0. The Morgan fingerprint density at radius 2 is 2.25 bits per heavy atom. The standard InChI is InChI=1S/C12H11ClFN3OS2/c1-6(19-12-17-16-7(2)20-12)11(18)15-10-4-3-8(14)5-9(10)13/h3-6H,1-2H3,(H,15,18)/t6-/m1/s1. The van der Waals surface area contributed by atoms with Gasteiger partial charge in [-0.15, -0.1) is 10.2 Å². The van der Waals surface area contributed by atoms with Gasteiger partial charge in [-0.3, -0.25) is 4.79 Å². The molecule has 2 rings (SSSR count). The van der Waals surface area contributed by atoms with Gasteiger partial charge in [0.25, 0.3) is 0 Å². The van der Waals surface area contributed by atoms with Gasteiger partial charge in [0.15, 0.2) is 4.34 Å². The molecule has 1 N–H and O–H groups in total. The molecule has 20 heavy (non-hydrogen) atoms. The molecule has 0 radical (unpaired) electrons. The summed E-state index contributed by atoms with van der Waals surface area (Å²) in [6, 6.07) is 3.83. The first kappa shape index (κ1) is 15.2. The lowest BCUT2D eigenvalue weighted by Gasteiger charge is -2.11. The van der Waals surface area contributed by atoms with Gasteiger partial charge in [-0.2, -0.15) is 0 Å². The van der Waals surface area contributed by atoms with E-state index in [1.54, 1.807) is 6.92 Å². The van der Waals surface area contributed by atoms with Crippen molar-refractivity contribution in [2.24, 2.45) is 0 Å². The maximum atomic E-state index is 12.9. The Kier molecular flexibility index (Phi) is 4.95. The number of aromatic nitrogens is 2. The van der Waals surface area contributed by atoms with E-state index in [0.29, 0.717) is 5.69 Å². The third-order valence-electron chi connectivity index (χ3n) is 2.34. The van der Waals surface area contributed by atoms with Crippen LogP contribution in [0.3, 0.4) is 0 Å². The number of benzene rings is 1. The number of nitrogens with zero attached hydrogens (tertiary/aromatic N) is 2. The second-order valence-corrected chi connectivity index (χ2v) is 7.14. The summed E-state index contributed by atoms with van der Waals surface area (Å²) in [5.74, 6) is -0.670. The molecule has 1 heterocycles. The van der Waals surface area contributed by atoms with Crippen molar-refractivity contribution in [1.29, 1.82) is 0 Å².